The van der Waals surface area contributed by atoms with E-state index in [1.807, 2.05) is 0 Å². The normalized spacial score (nSPS) is 12.0. The summed E-state index contributed by atoms with van der Waals surface area (Å²) in [5.41, 5.74) is 0.575. The molecule has 1 N–H and O–H groups in total. The maximum atomic E-state index is 12.0. The van der Waals surface area contributed by atoms with E-state index in [9.17, 15) is 8.42 Å². The molecule has 0 unspecified atom stereocenters. The number of hydrogen-bond acceptors (Lipinski definition) is 4. The fourth-order valence-corrected chi connectivity index (χ4v) is 3.04. The topological polar surface area (TPSA) is 70.5 Å². The molecule has 0 fully saturated rings. The van der Waals surface area contributed by atoms with Gasteiger partial charge in [0.15, 0.2) is 0 Å². The molecular formula is C10H15ClN2O3S. The van der Waals surface area contributed by atoms with Crippen LogP contribution >= 0.6 is 11.6 Å². The molecule has 0 aliphatic rings. The van der Waals surface area contributed by atoms with Gasteiger partial charge in [-0.2, -0.15) is 4.31 Å². The first-order valence-electron chi connectivity index (χ1n) is 5.18. The molecule has 1 aromatic rings. The lowest BCUT2D eigenvalue weighted by atomic mass is 10.3. The second kappa shape index (κ2) is 6.30. The van der Waals surface area contributed by atoms with Gasteiger partial charge in [-0.25, -0.2) is 13.4 Å². The number of aromatic nitrogens is 1. The zero-order chi connectivity index (χ0) is 12.9. The molecule has 0 aliphatic heterocycles. The van der Waals surface area contributed by atoms with E-state index >= 15 is 0 Å². The van der Waals surface area contributed by atoms with Gasteiger partial charge < -0.3 is 5.11 Å². The molecule has 1 aromatic heterocycles. The Morgan fingerprint density at radius 1 is 1.47 bits per heavy atom. The van der Waals surface area contributed by atoms with E-state index in [1.165, 1.54) is 10.5 Å². The molecule has 5 nitrogen and oxygen atoms in total. The highest BCUT2D eigenvalue weighted by atomic mass is 35.5. The fourth-order valence-electron chi connectivity index (χ4n) is 1.40. The summed E-state index contributed by atoms with van der Waals surface area (Å²) in [6.07, 6.45) is 1.44. The van der Waals surface area contributed by atoms with Crippen LogP contribution in [0.5, 0.6) is 0 Å². The van der Waals surface area contributed by atoms with E-state index < -0.39 is 10.0 Å². The Bertz CT molecular complexity index is 447. The molecule has 0 atom stereocenters. The van der Waals surface area contributed by atoms with E-state index in [1.54, 1.807) is 19.1 Å². The predicted molar refractivity (Wildman–Crippen MR) is 66.2 cm³/mol. The molecule has 0 aromatic carbocycles. The zero-order valence-electron chi connectivity index (χ0n) is 9.50. The molecule has 0 saturated heterocycles. The van der Waals surface area contributed by atoms with Crippen molar-refractivity contribution in [3.8, 4) is 0 Å². The quantitative estimate of drug-likeness (QED) is 0.784. The van der Waals surface area contributed by atoms with Crippen LogP contribution in [0.1, 0.15) is 12.5 Å². The second-order valence-corrected chi connectivity index (χ2v) is 5.82. The summed E-state index contributed by atoms with van der Waals surface area (Å²) < 4.78 is 25.2. The van der Waals surface area contributed by atoms with Crippen LogP contribution < -0.4 is 0 Å². The minimum Gasteiger partial charge on any atom is -0.395 e. The van der Waals surface area contributed by atoms with Crippen LogP contribution in [-0.2, 0) is 15.8 Å². The van der Waals surface area contributed by atoms with Gasteiger partial charge in [0.05, 0.1) is 12.4 Å². The van der Waals surface area contributed by atoms with Crippen molar-refractivity contribution in [1.29, 1.82) is 0 Å². The molecule has 0 spiro atoms. The van der Waals surface area contributed by atoms with E-state index in [-0.39, 0.29) is 18.9 Å². The van der Waals surface area contributed by atoms with Crippen LogP contribution in [0, 0.1) is 0 Å². The molecule has 0 aliphatic carbocycles. The van der Waals surface area contributed by atoms with Gasteiger partial charge in [0.25, 0.3) is 0 Å². The Balaban J connectivity index is 2.81. The van der Waals surface area contributed by atoms with Gasteiger partial charge in [-0.05, 0) is 11.6 Å². The molecule has 7 heteroatoms. The van der Waals surface area contributed by atoms with Crippen molar-refractivity contribution in [2.75, 3.05) is 19.7 Å². The smallest absolute Gasteiger partial charge is 0.218 e. The number of sulfonamides is 1. The Labute approximate surface area is 106 Å². The van der Waals surface area contributed by atoms with Crippen molar-refractivity contribution in [3.63, 3.8) is 0 Å². The van der Waals surface area contributed by atoms with Gasteiger partial charge in [-0.3, -0.25) is 0 Å². The number of rotatable bonds is 6. The monoisotopic (exact) mass is 278 g/mol. The van der Waals surface area contributed by atoms with Crippen molar-refractivity contribution in [1.82, 2.24) is 9.29 Å². The van der Waals surface area contributed by atoms with Crippen LogP contribution in [0.15, 0.2) is 18.3 Å². The summed E-state index contributed by atoms with van der Waals surface area (Å²) >= 11 is 5.62. The standard InChI is InChI=1S/C10H15ClN2O3S/c1-2-13(5-6-14)17(15,16)8-9-3-4-10(11)12-7-9/h3-4,7,14H,2,5-6,8H2,1H3. The lowest BCUT2D eigenvalue weighted by molar-refractivity contribution is 0.257. The predicted octanol–water partition coefficient (Wildman–Crippen LogP) is 0.879. The van der Waals surface area contributed by atoms with Crippen molar-refractivity contribution >= 4 is 21.6 Å². The van der Waals surface area contributed by atoms with Crippen LogP contribution in [-0.4, -0.2) is 42.5 Å². The average molecular weight is 279 g/mol. The summed E-state index contributed by atoms with van der Waals surface area (Å²) in [4.78, 5) is 3.83. The van der Waals surface area contributed by atoms with E-state index in [4.69, 9.17) is 16.7 Å². The van der Waals surface area contributed by atoms with E-state index in [0.29, 0.717) is 17.3 Å². The van der Waals surface area contributed by atoms with Crippen molar-refractivity contribution in [2.45, 2.75) is 12.7 Å². The van der Waals surface area contributed by atoms with Gasteiger partial charge in [-0.1, -0.05) is 24.6 Å². The molecule has 0 radical (unpaired) electrons. The average Bonchev–Trinajstić information content (AvgIpc) is 2.28. The maximum absolute atomic E-state index is 12.0. The van der Waals surface area contributed by atoms with Gasteiger partial charge in [0, 0.05) is 19.3 Å². The number of nitrogens with zero attached hydrogens (tertiary/aromatic N) is 2. The third-order valence-electron chi connectivity index (χ3n) is 2.23. The molecular weight excluding hydrogens is 264 g/mol. The van der Waals surface area contributed by atoms with Gasteiger partial charge in [0.1, 0.15) is 5.15 Å². The first-order chi connectivity index (χ1) is 7.99. The van der Waals surface area contributed by atoms with E-state index in [0.717, 1.165) is 0 Å². The third kappa shape index (κ3) is 4.23. The summed E-state index contributed by atoms with van der Waals surface area (Å²) in [6.45, 7) is 1.99. The zero-order valence-corrected chi connectivity index (χ0v) is 11.1. The summed E-state index contributed by atoms with van der Waals surface area (Å²) in [7, 11) is -3.41. The highest BCUT2D eigenvalue weighted by molar-refractivity contribution is 7.88. The third-order valence-corrected chi connectivity index (χ3v) is 4.38. The number of likely N-dealkylation sites (N-methyl/N-ethyl adjacent to an activating group) is 1. The fraction of sp³-hybridized carbons (Fsp3) is 0.500. The molecule has 17 heavy (non-hydrogen) atoms. The Morgan fingerprint density at radius 3 is 2.65 bits per heavy atom. The van der Waals surface area contributed by atoms with Crippen molar-refractivity contribution in [2.24, 2.45) is 0 Å². The SMILES string of the molecule is CCN(CCO)S(=O)(=O)Cc1ccc(Cl)nc1. The maximum Gasteiger partial charge on any atom is 0.218 e. The number of aliphatic hydroxyl groups excluding tert-OH is 1. The highest BCUT2D eigenvalue weighted by Gasteiger charge is 2.20. The molecule has 1 heterocycles. The minimum atomic E-state index is -3.41. The van der Waals surface area contributed by atoms with E-state index in [2.05, 4.69) is 4.98 Å². The van der Waals surface area contributed by atoms with Crippen molar-refractivity contribution in [3.05, 3.63) is 29.0 Å². The lowest BCUT2D eigenvalue weighted by Gasteiger charge is -2.19. The highest BCUT2D eigenvalue weighted by Crippen LogP contribution is 2.11. The largest absolute Gasteiger partial charge is 0.395 e. The van der Waals surface area contributed by atoms with Crippen LogP contribution in [0.2, 0.25) is 5.15 Å². The molecule has 0 saturated carbocycles. The first-order valence-corrected chi connectivity index (χ1v) is 7.17. The molecule has 0 bridgehead atoms. The Hall–Kier alpha value is -0.690. The number of pyridine rings is 1. The summed E-state index contributed by atoms with van der Waals surface area (Å²) in [6, 6.07) is 3.18. The molecule has 96 valence electrons. The first kappa shape index (κ1) is 14.4. The lowest BCUT2D eigenvalue weighted by Crippen LogP contribution is -2.34. The van der Waals surface area contributed by atoms with Crippen molar-refractivity contribution < 1.29 is 13.5 Å². The summed E-state index contributed by atoms with van der Waals surface area (Å²) in [5.74, 6) is -0.134. The van der Waals surface area contributed by atoms with Crippen LogP contribution in [0.4, 0.5) is 0 Å². The Kier molecular flexibility index (Phi) is 5.32. The van der Waals surface area contributed by atoms with Crippen LogP contribution in [0.25, 0.3) is 0 Å². The molecule has 0 amide bonds. The number of halogens is 1. The number of hydrogen-bond donors (Lipinski definition) is 1. The van der Waals surface area contributed by atoms with Gasteiger partial charge in [0.2, 0.25) is 10.0 Å². The minimum absolute atomic E-state index is 0.111. The Morgan fingerprint density at radius 2 is 2.18 bits per heavy atom. The van der Waals surface area contributed by atoms with Crippen LogP contribution in [0.3, 0.4) is 0 Å². The van der Waals surface area contributed by atoms with Gasteiger partial charge in [-0.15, -0.1) is 0 Å². The second-order valence-electron chi connectivity index (χ2n) is 3.46. The van der Waals surface area contributed by atoms with Gasteiger partial charge >= 0.3 is 0 Å². The molecule has 1 rings (SSSR count). The summed E-state index contributed by atoms with van der Waals surface area (Å²) in [5, 5.41) is 9.13. The number of aliphatic hydroxyl groups is 1.